The number of anilines is 1. The molecule has 3 nitrogen and oxygen atoms in total. The number of hydrogen-bond donors (Lipinski definition) is 1. The molecule has 0 aliphatic heterocycles. The van der Waals surface area contributed by atoms with Gasteiger partial charge in [0.15, 0.2) is 0 Å². The van der Waals surface area contributed by atoms with Crippen LogP contribution in [0.5, 0.6) is 0 Å². The molecule has 1 N–H and O–H groups in total. The highest BCUT2D eigenvalue weighted by atomic mass is 32.2. The van der Waals surface area contributed by atoms with E-state index in [0.717, 1.165) is 12.1 Å². The van der Waals surface area contributed by atoms with Crippen LogP contribution >= 0.6 is 0 Å². The number of benzene rings is 1. The lowest BCUT2D eigenvalue weighted by Gasteiger charge is -2.10. The first-order valence-corrected chi connectivity index (χ1v) is 5.36. The number of rotatable bonds is 2. The van der Waals surface area contributed by atoms with Crippen molar-refractivity contribution < 1.29 is 21.6 Å². The molecule has 0 amide bonds. The van der Waals surface area contributed by atoms with E-state index in [0.29, 0.717) is 5.56 Å². The minimum Gasteiger partial charge on any atom is -0.276 e. The molecule has 0 saturated heterocycles. The third kappa shape index (κ3) is 2.67. The second-order valence-corrected chi connectivity index (χ2v) is 4.43. The summed E-state index contributed by atoms with van der Waals surface area (Å²) in [6.45, 7) is 0. The van der Waals surface area contributed by atoms with Gasteiger partial charge < -0.3 is 0 Å². The molecular weight excluding hydrogens is 243 g/mol. The molecule has 1 aromatic rings. The van der Waals surface area contributed by atoms with Crippen molar-refractivity contribution in [2.75, 3.05) is 4.72 Å². The van der Waals surface area contributed by atoms with Gasteiger partial charge in [-0.1, -0.05) is 5.92 Å². The summed E-state index contributed by atoms with van der Waals surface area (Å²) in [5.74, 6) is 2.00. The highest BCUT2D eigenvalue weighted by Gasteiger charge is 2.45. The van der Waals surface area contributed by atoms with E-state index in [-0.39, 0.29) is 5.69 Å². The van der Waals surface area contributed by atoms with Crippen LogP contribution in [0.15, 0.2) is 24.3 Å². The molecule has 0 heterocycles. The van der Waals surface area contributed by atoms with Crippen molar-refractivity contribution in [3.8, 4) is 5.92 Å². The van der Waals surface area contributed by atoms with Gasteiger partial charge in [-0.15, -0.1) is 0 Å². The van der Waals surface area contributed by atoms with Crippen molar-refractivity contribution in [3.63, 3.8) is 0 Å². The van der Waals surface area contributed by atoms with Crippen molar-refractivity contribution in [2.24, 2.45) is 0 Å². The fourth-order valence-electron chi connectivity index (χ4n) is 0.835. The van der Waals surface area contributed by atoms with Gasteiger partial charge in [-0.3, -0.25) is 4.72 Å². The Kier molecular flexibility index (Phi) is 3.14. The summed E-state index contributed by atoms with van der Waals surface area (Å²) in [5, 5.41) is 0. The third-order valence-corrected chi connectivity index (χ3v) is 2.70. The first-order chi connectivity index (χ1) is 7.26. The maximum absolute atomic E-state index is 12.0. The van der Waals surface area contributed by atoms with Gasteiger partial charge in [0.25, 0.3) is 0 Å². The summed E-state index contributed by atoms with van der Waals surface area (Å²) in [6.07, 6.45) is 6.72. The summed E-state index contributed by atoms with van der Waals surface area (Å²) in [6, 6.07) is 4.75. The Bertz CT molecular complexity index is 511. The number of hydrogen-bond acceptors (Lipinski definition) is 2. The number of alkyl halides is 3. The Morgan fingerprint density at radius 1 is 1.19 bits per heavy atom. The van der Waals surface area contributed by atoms with Crippen LogP contribution in [0, 0.1) is 12.3 Å². The minimum atomic E-state index is -5.39. The summed E-state index contributed by atoms with van der Waals surface area (Å²) in [7, 11) is -5.39. The lowest BCUT2D eigenvalue weighted by atomic mass is 10.2. The average molecular weight is 248 g/mol. The van der Waals surface area contributed by atoms with Crippen LogP contribution in [-0.4, -0.2) is 13.9 Å². The second-order valence-electron chi connectivity index (χ2n) is 2.75. The molecule has 1 aromatic carbocycles. The van der Waals surface area contributed by atoms with Crippen LogP contribution in [0.3, 0.4) is 0 Å². The molecule has 0 bridgehead atoms. The van der Waals surface area contributed by atoms with Crippen molar-refractivity contribution >= 4 is 15.7 Å². The topological polar surface area (TPSA) is 46.2 Å². The zero-order valence-corrected chi connectivity index (χ0v) is 8.48. The van der Waals surface area contributed by atoms with Gasteiger partial charge in [0.05, 0.1) is 0 Å². The quantitative estimate of drug-likeness (QED) is 0.812. The minimum absolute atomic E-state index is 0.226. The van der Waals surface area contributed by atoms with E-state index in [1.807, 2.05) is 5.92 Å². The highest BCUT2D eigenvalue weighted by Crippen LogP contribution is 2.25. The summed E-state index contributed by atoms with van der Waals surface area (Å²) in [5.41, 5.74) is -5.24. The summed E-state index contributed by atoms with van der Waals surface area (Å²) in [4.78, 5) is 0. The van der Waals surface area contributed by atoms with Crippen molar-refractivity contribution in [1.82, 2.24) is 0 Å². The molecular formula is C9H5F3NO2S. The molecule has 0 atom stereocenters. The molecule has 85 valence electrons. The van der Waals surface area contributed by atoms with E-state index in [4.69, 9.17) is 6.42 Å². The maximum atomic E-state index is 12.0. The molecule has 1 rings (SSSR count). The van der Waals surface area contributed by atoms with Gasteiger partial charge >= 0.3 is 15.5 Å². The fourth-order valence-corrected chi connectivity index (χ4v) is 1.40. The van der Waals surface area contributed by atoms with Crippen LogP contribution in [-0.2, 0) is 10.0 Å². The standard InChI is InChI=1S/C9H5F3NO2S/c1-2-7-3-5-8(6-4-7)13-16(14,15)9(10,11)12/h3-6,13H. The Morgan fingerprint density at radius 2 is 1.69 bits per heavy atom. The number of nitrogens with one attached hydrogen (secondary N) is 1. The first kappa shape index (κ1) is 12.4. The number of halogens is 3. The average Bonchev–Trinajstić information content (AvgIpc) is 2.16. The number of sulfonamides is 1. The van der Waals surface area contributed by atoms with Crippen LogP contribution in [0.1, 0.15) is 5.56 Å². The van der Waals surface area contributed by atoms with Gasteiger partial charge in [0.2, 0.25) is 0 Å². The predicted molar refractivity (Wildman–Crippen MR) is 51.3 cm³/mol. The molecule has 0 aliphatic carbocycles. The zero-order valence-electron chi connectivity index (χ0n) is 7.67. The normalized spacial score (nSPS) is 11.9. The lowest BCUT2D eigenvalue weighted by Crippen LogP contribution is -2.29. The molecule has 0 saturated carbocycles. The summed E-state index contributed by atoms with van der Waals surface area (Å²) >= 11 is 0. The Morgan fingerprint density at radius 3 is 2.06 bits per heavy atom. The monoisotopic (exact) mass is 248 g/mol. The van der Waals surface area contributed by atoms with Crippen molar-refractivity contribution in [3.05, 3.63) is 36.3 Å². The Labute approximate surface area is 90.3 Å². The lowest BCUT2D eigenvalue weighted by molar-refractivity contribution is -0.0429. The largest absolute Gasteiger partial charge is 0.516 e. The van der Waals surface area contributed by atoms with Crippen molar-refractivity contribution in [2.45, 2.75) is 5.51 Å². The van der Waals surface area contributed by atoms with Gasteiger partial charge in [0, 0.05) is 11.3 Å². The van der Waals surface area contributed by atoms with Gasteiger partial charge in [0.1, 0.15) is 0 Å². The molecule has 0 aliphatic rings. The highest BCUT2D eigenvalue weighted by molar-refractivity contribution is 7.93. The molecule has 0 unspecified atom stereocenters. The molecule has 0 spiro atoms. The fraction of sp³-hybridized carbons (Fsp3) is 0.111. The molecule has 0 fully saturated rings. The maximum Gasteiger partial charge on any atom is 0.516 e. The van der Waals surface area contributed by atoms with E-state index in [9.17, 15) is 21.6 Å². The first-order valence-electron chi connectivity index (χ1n) is 3.88. The third-order valence-electron chi connectivity index (χ3n) is 1.59. The predicted octanol–water partition coefficient (Wildman–Crippen LogP) is 1.89. The van der Waals surface area contributed by atoms with Crippen LogP contribution in [0.2, 0.25) is 0 Å². The van der Waals surface area contributed by atoms with Crippen LogP contribution in [0.4, 0.5) is 18.9 Å². The van der Waals surface area contributed by atoms with Gasteiger partial charge in [-0.25, -0.2) is 0 Å². The molecule has 1 radical (unpaired) electrons. The SMILES string of the molecule is [C]#Cc1ccc(NS(=O)(=O)C(F)(F)F)cc1. The molecule has 7 heteroatoms. The zero-order chi connectivity index (χ0) is 12.4. The Hall–Kier alpha value is -1.68. The van der Waals surface area contributed by atoms with E-state index >= 15 is 0 Å². The molecule has 0 aromatic heterocycles. The molecule has 16 heavy (non-hydrogen) atoms. The van der Waals surface area contributed by atoms with Gasteiger partial charge in [-0.2, -0.15) is 21.6 Å². The van der Waals surface area contributed by atoms with Crippen molar-refractivity contribution in [1.29, 1.82) is 0 Å². The van der Waals surface area contributed by atoms with Crippen LogP contribution < -0.4 is 4.72 Å². The van der Waals surface area contributed by atoms with E-state index in [1.54, 1.807) is 0 Å². The van der Waals surface area contributed by atoms with E-state index in [2.05, 4.69) is 0 Å². The van der Waals surface area contributed by atoms with Gasteiger partial charge in [-0.05, 0) is 30.7 Å². The van der Waals surface area contributed by atoms with Crippen LogP contribution in [0.25, 0.3) is 0 Å². The second kappa shape index (κ2) is 4.06. The summed E-state index contributed by atoms with van der Waals surface area (Å²) < 4.78 is 58.7. The van der Waals surface area contributed by atoms with E-state index < -0.39 is 15.5 Å². The Balaban J connectivity index is 2.95. The van der Waals surface area contributed by atoms with E-state index in [1.165, 1.54) is 16.9 Å². The smallest absolute Gasteiger partial charge is 0.276 e.